The molecule has 1 aromatic rings. The van der Waals surface area contributed by atoms with E-state index in [4.69, 9.17) is 10.5 Å². The Morgan fingerprint density at radius 2 is 2.05 bits per heavy atom. The molecule has 114 valence electrons. The Kier molecular flexibility index (Phi) is 5.58. The molecule has 1 rings (SSSR count). The lowest BCUT2D eigenvalue weighted by molar-refractivity contribution is 0.231. The third-order valence-corrected chi connectivity index (χ3v) is 3.83. The van der Waals surface area contributed by atoms with E-state index in [2.05, 4.69) is 10.0 Å². The van der Waals surface area contributed by atoms with Crippen molar-refractivity contribution in [3.05, 3.63) is 17.9 Å². The van der Waals surface area contributed by atoms with Crippen molar-refractivity contribution in [1.29, 1.82) is 0 Å². The first-order valence-corrected chi connectivity index (χ1v) is 7.81. The van der Waals surface area contributed by atoms with Crippen molar-refractivity contribution < 1.29 is 17.5 Å². The molecular weight excluding hydrogens is 285 g/mol. The predicted octanol–water partition coefficient (Wildman–Crippen LogP) is 1.16. The van der Waals surface area contributed by atoms with Crippen LogP contribution in [0.25, 0.3) is 0 Å². The van der Waals surface area contributed by atoms with Crippen LogP contribution >= 0.6 is 0 Å². The Morgan fingerprint density at radius 3 is 2.60 bits per heavy atom. The standard InChI is InChI=1S/C12H20FN3O3S/c1-8(2)19-12-7-11(10(14)6-9(12)13)16-4-5-20(17,18)15-3/h6-8,15-16H,4-5,14H2,1-3H3. The number of ether oxygens (including phenoxy) is 1. The van der Waals surface area contributed by atoms with E-state index in [9.17, 15) is 12.8 Å². The second-order valence-electron chi connectivity index (χ2n) is 4.49. The number of hydrogen-bond donors (Lipinski definition) is 3. The molecule has 20 heavy (non-hydrogen) atoms. The van der Waals surface area contributed by atoms with Crippen LogP contribution in [0.5, 0.6) is 5.75 Å². The zero-order chi connectivity index (χ0) is 15.3. The monoisotopic (exact) mass is 305 g/mol. The molecule has 0 aromatic heterocycles. The molecule has 0 saturated carbocycles. The summed E-state index contributed by atoms with van der Waals surface area (Å²) >= 11 is 0. The minimum Gasteiger partial charge on any atom is -0.488 e. The number of nitrogens with one attached hydrogen (secondary N) is 2. The summed E-state index contributed by atoms with van der Waals surface area (Å²) in [5.74, 6) is -0.585. The van der Waals surface area contributed by atoms with Gasteiger partial charge < -0.3 is 15.8 Å². The summed E-state index contributed by atoms with van der Waals surface area (Å²) in [6.07, 6.45) is -0.175. The van der Waals surface area contributed by atoms with Gasteiger partial charge in [0.15, 0.2) is 11.6 Å². The maximum Gasteiger partial charge on any atom is 0.213 e. The van der Waals surface area contributed by atoms with Crippen LogP contribution in [0.3, 0.4) is 0 Å². The number of halogens is 1. The molecule has 0 spiro atoms. The maximum atomic E-state index is 13.6. The predicted molar refractivity (Wildman–Crippen MR) is 77.9 cm³/mol. The van der Waals surface area contributed by atoms with Gasteiger partial charge >= 0.3 is 0 Å². The molecule has 0 fully saturated rings. The first-order chi connectivity index (χ1) is 9.25. The highest BCUT2D eigenvalue weighted by molar-refractivity contribution is 7.89. The van der Waals surface area contributed by atoms with Crippen LogP contribution in [0.1, 0.15) is 13.8 Å². The van der Waals surface area contributed by atoms with Gasteiger partial charge in [-0.2, -0.15) is 0 Å². The average molecular weight is 305 g/mol. The molecule has 0 unspecified atom stereocenters. The van der Waals surface area contributed by atoms with Crippen LogP contribution in [-0.2, 0) is 10.0 Å². The summed E-state index contributed by atoms with van der Waals surface area (Å²) in [5, 5.41) is 2.85. The Balaban J connectivity index is 2.79. The van der Waals surface area contributed by atoms with Crippen molar-refractivity contribution in [1.82, 2.24) is 4.72 Å². The quantitative estimate of drug-likeness (QED) is 0.657. The summed E-state index contributed by atoms with van der Waals surface area (Å²) in [5.41, 5.74) is 6.31. The molecule has 4 N–H and O–H groups in total. The summed E-state index contributed by atoms with van der Waals surface area (Å²) in [4.78, 5) is 0. The summed E-state index contributed by atoms with van der Waals surface area (Å²) in [6, 6.07) is 2.57. The molecule has 0 heterocycles. The first kappa shape index (κ1) is 16.5. The molecule has 0 atom stereocenters. The number of sulfonamides is 1. The highest BCUT2D eigenvalue weighted by atomic mass is 32.2. The third-order valence-electron chi connectivity index (χ3n) is 2.46. The van der Waals surface area contributed by atoms with Gasteiger partial charge in [0.2, 0.25) is 10.0 Å². The largest absolute Gasteiger partial charge is 0.488 e. The third kappa shape index (κ3) is 4.86. The summed E-state index contributed by atoms with van der Waals surface area (Å²) < 4.78 is 43.7. The second-order valence-corrected chi connectivity index (χ2v) is 6.53. The van der Waals surface area contributed by atoms with Crippen molar-refractivity contribution >= 4 is 21.4 Å². The van der Waals surface area contributed by atoms with E-state index in [1.54, 1.807) is 13.8 Å². The van der Waals surface area contributed by atoms with Crippen molar-refractivity contribution in [3.8, 4) is 5.75 Å². The average Bonchev–Trinajstić information content (AvgIpc) is 2.34. The zero-order valence-corrected chi connectivity index (χ0v) is 12.6. The molecule has 1 aromatic carbocycles. The number of anilines is 2. The topological polar surface area (TPSA) is 93.5 Å². The second kappa shape index (κ2) is 6.76. The van der Waals surface area contributed by atoms with Crippen molar-refractivity contribution in [3.63, 3.8) is 0 Å². The fourth-order valence-corrected chi connectivity index (χ4v) is 2.06. The fraction of sp³-hybridized carbons (Fsp3) is 0.500. The van der Waals surface area contributed by atoms with E-state index < -0.39 is 15.8 Å². The van der Waals surface area contributed by atoms with Crippen LogP contribution in [-0.4, -0.2) is 33.9 Å². The summed E-state index contributed by atoms with van der Waals surface area (Å²) in [7, 11) is -1.95. The van der Waals surface area contributed by atoms with Crippen LogP contribution in [0, 0.1) is 5.82 Å². The highest BCUT2D eigenvalue weighted by Crippen LogP contribution is 2.28. The van der Waals surface area contributed by atoms with Crippen LogP contribution < -0.4 is 20.5 Å². The van der Waals surface area contributed by atoms with Crippen LogP contribution in [0.2, 0.25) is 0 Å². The van der Waals surface area contributed by atoms with Gasteiger partial charge in [0.05, 0.1) is 23.2 Å². The SMILES string of the molecule is CNS(=O)(=O)CCNc1cc(OC(C)C)c(F)cc1N. The smallest absolute Gasteiger partial charge is 0.213 e. The van der Waals surface area contributed by atoms with Crippen molar-refractivity contribution in [2.45, 2.75) is 20.0 Å². The van der Waals surface area contributed by atoms with Crippen LogP contribution in [0.4, 0.5) is 15.8 Å². The van der Waals surface area contributed by atoms with Gasteiger partial charge in [-0.3, -0.25) is 0 Å². The Labute approximate surface area is 118 Å². The number of benzene rings is 1. The number of rotatable bonds is 7. The molecule has 0 amide bonds. The molecule has 0 saturated heterocycles. The molecular formula is C12H20FN3O3S. The lowest BCUT2D eigenvalue weighted by Crippen LogP contribution is -2.26. The highest BCUT2D eigenvalue weighted by Gasteiger charge is 2.12. The molecule has 0 aliphatic carbocycles. The van der Waals surface area contributed by atoms with E-state index in [1.807, 2.05) is 0 Å². The van der Waals surface area contributed by atoms with Crippen LogP contribution in [0.15, 0.2) is 12.1 Å². The van der Waals surface area contributed by atoms with Gasteiger partial charge in [-0.05, 0) is 20.9 Å². The van der Waals surface area contributed by atoms with Crippen molar-refractivity contribution in [2.24, 2.45) is 0 Å². The Hall–Kier alpha value is -1.54. The summed E-state index contributed by atoms with van der Waals surface area (Å²) in [6.45, 7) is 3.71. The van der Waals surface area contributed by atoms with E-state index in [0.717, 1.165) is 6.07 Å². The van der Waals surface area contributed by atoms with Gasteiger partial charge in [0.25, 0.3) is 0 Å². The first-order valence-electron chi connectivity index (χ1n) is 6.16. The Morgan fingerprint density at radius 1 is 1.40 bits per heavy atom. The van der Waals surface area contributed by atoms with E-state index in [0.29, 0.717) is 5.69 Å². The molecule has 0 aliphatic heterocycles. The minimum absolute atomic E-state index is 0.0770. The maximum absolute atomic E-state index is 13.6. The van der Waals surface area contributed by atoms with Gasteiger partial charge in [-0.15, -0.1) is 0 Å². The zero-order valence-electron chi connectivity index (χ0n) is 11.7. The van der Waals surface area contributed by atoms with E-state index in [-0.39, 0.29) is 29.8 Å². The van der Waals surface area contributed by atoms with Gasteiger partial charge in [0.1, 0.15) is 0 Å². The van der Waals surface area contributed by atoms with E-state index >= 15 is 0 Å². The molecule has 0 aliphatic rings. The van der Waals surface area contributed by atoms with Gasteiger partial charge in [-0.25, -0.2) is 17.5 Å². The van der Waals surface area contributed by atoms with Gasteiger partial charge in [-0.1, -0.05) is 0 Å². The van der Waals surface area contributed by atoms with Gasteiger partial charge in [0, 0.05) is 18.7 Å². The molecule has 0 bridgehead atoms. The lowest BCUT2D eigenvalue weighted by atomic mass is 10.2. The molecule has 8 heteroatoms. The molecule has 6 nitrogen and oxygen atoms in total. The lowest BCUT2D eigenvalue weighted by Gasteiger charge is -2.15. The number of nitrogens with two attached hydrogens (primary N) is 1. The van der Waals surface area contributed by atoms with Crippen molar-refractivity contribution in [2.75, 3.05) is 30.4 Å². The molecule has 0 radical (unpaired) electrons. The normalized spacial score (nSPS) is 11.7. The fourth-order valence-electron chi connectivity index (χ4n) is 1.49. The number of nitrogen functional groups attached to an aromatic ring is 1. The minimum atomic E-state index is -3.30. The Bertz CT molecular complexity index is 561. The van der Waals surface area contributed by atoms with E-state index in [1.165, 1.54) is 13.1 Å². The number of hydrogen-bond acceptors (Lipinski definition) is 5.